The van der Waals surface area contributed by atoms with E-state index in [1.54, 1.807) is 5.94 Å². The predicted molar refractivity (Wildman–Crippen MR) is 54.8 cm³/mol. The van der Waals surface area contributed by atoms with Crippen LogP contribution in [0.4, 0.5) is 0 Å². The fourth-order valence-electron chi connectivity index (χ4n) is 1.22. The van der Waals surface area contributed by atoms with E-state index in [9.17, 15) is 4.79 Å². The van der Waals surface area contributed by atoms with Gasteiger partial charge in [-0.2, -0.15) is 0 Å². The molecule has 0 radical (unpaired) electrons. The topological polar surface area (TPSA) is 69.1 Å². The van der Waals surface area contributed by atoms with Gasteiger partial charge in [-0.15, -0.1) is 0 Å². The number of allylic oxidation sites excluding steroid dienone is 1. The minimum Gasteiger partial charge on any atom is -0.393 e. The van der Waals surface area contributed by atoms with Gasteiger partial charge < -0.3 is 11.5 Å². The molecule has 0 bridgehead atoms. The maximum Gasteiger partial charge on any atom is 0.145 e. The Morgan fingerprint density at radius 3 is 2.08 bits per heavy atom. The lowest BCUT2D eigenvalue weighted by molar-refractivity contribution is 0.562. The molecule has 0 rings (SSSR count). The van der Waals surface area contributed by atoms with Gasteiger partial charge in [0.2, 0.25) is 0 Å². The molecule has 0 amide bonds. The molecule has 0 spiro atoms. The molecule has 0 saturated heterocycles. The summed E-state index contributed by atoms with van der Waals surface area (Å²) in [4.78, 5) is 10.0. The van der Waals surface area contributed by atoms with E-state index < -0.39 is 0 Å². The lowest BCUT2D eigenvalue weighted by Gasteiger charge is -1.99. The second-order valence-corrected chi connectivity index (χ2v) is 3.29. The standard InChI is InChI=1S/C10H20N2O/c11-8-6-4-2-1-3-5-7-10(12)9-13/h1-8,11-12H2. The van der Waals surface area contributed by atoms with Gasteiger partial charge in [0.05, 0.1) is 5.70 Å². The number of nitrogens with two attached hydrogens (primary N) is 2. The average molecular weight is 184 g/mol. The molecule has 0 heterocycles. The second-order valence-electron chi connectivity index (χ2n) is 3.29. The Bertz CT molecular complexity index is 162. The Morgan fingerprint density at radius 1 is 1.00 bits per heavy atom. The molecule has 76 valence electrons. The van der Waals surface area contributed by atoms with Crippen LogP contribution in [-0.2, 0) is 4.79 Å². The molecule has 0 aliphatic rings. The highest BCUT2D eigenvalue weighted by atomic mass is 16.1. The second kappa shape index (κ2) is 9.30. The monoisotopic (exact) mass is 184 g/mol. The average Bonchev–Trinajstić information content (AvgIpc) is 2.16. The van der Waals surface area contributed by atoms with E-state index in [1.165, 1.54) is 19.3 Å². The van der Waals surface area contributed by atoms with Gasteiger partial charge in [-0.05, 0) is 25.8 Å². The van der Waals surface area contributed by atoms with Crippen molar-refractivity contribution in [2.75, 3.05) is 6.54 Å². The fraction of sp³-hybridized carbons (Fsp3) is 0.800. The highest BCUT2D eigenvalue weighted by Gasteiger charge is 1.93. The Balaban J connectivity index is 3.04. The molecule has 0 aromatic heterocycles. The highest BCUT2D eigenvalue weighted by Crippen LogP contribution is 2.07. The van der Waals surface area contributed by atoms with Gasteiger partial charge in [0.1, 0.15) is 5.94 Å². The summed E-state index contributed by atoms with van der Waals surface area (Å²) in [5.41, 5.74) is 11.0. The smallest absolute Gasteiger partial charge is 0.145 e. The molecule has 3 nitrogen and oxygen atoms in total. The summed E-state index contributed by atoms with van der Waals surface area (Å²) in [6.07, 6.45) is 7.64. The van der Waals surface area contributed by atoms with Gasteiger partial charge in [0, 0.05) is 0 Å². The molecule has 0 saturated carbocycles. The molecule has 0 aromatic rings. The van der Waals surface area contributed by atoms with Crippen LogP contribution in [0.25, 0.3) is 0 Å². The van der Waals surface area contributed by atoms with Crippen LogP contribution in [-0.4, -0.2) is 12.5 Å². The summed E-state index contributed by atoms with van der Waals surface area (Å²) in [6.45, 7) is 0.792. The zero-order valence-electron chi connectivity index (χ0n) is 8.22. The molecule has 0 aromatic carbocycles. The van der Waals surface area contributed by atoms with Crippen LogP contribution in [0.1, 0.15) is 44.9 Å². The first-order valence-electron chi connectivity index (χ1n) is 5.00. The maximum atomic E-state index is 10.0. The summed E-state index contributed by atoms with van der Waals surface area (Å²) < 4.78 is 0. The van der Waals surface area contributed by atoms with Crippen LogP contribution in [0.15, 0.2) is 5.70 Å². The van der Waals surface area contributed by atoms with Crippen molar-refractivity contribution < 1.29 is 4.79 Å². The zero-order valence-corrected chi connectivity index (χ0v) is 8.22. The minimum absolute atomic E-state index is 0.349. The van der Waals surface area contributed by atoms with Crippen molar-refractivity contribution in [3.05, 3.63) is 5.70 Å². The van der Waals surface area contributed by atoms with E-state index >= 15 is 0 Å². The summed E-state index contributed by atoms with van der Waals surface area (Å²) in [5, 5.41) is 0. The lowest BCUT2D eigenvalue weighted by Crippen LogP contribution is -1.98. The minimum atomic E-state index is 0.349. The van der Waals surface area contributed by atoms with Crippen molar-refractivity contribution >= 4 is 5.94 Å². The maximum absolute atomic E-state index is 10.0. The van der Waals surface area contributed by atoms with Crippen LogP contribution in [0, 0.1) is 0 Å². The summed E-state index contributed by atoms with van der Waals surface area (Å²) in [7, 11) is 0. The Kier molecular flexibility index (Phi) is 8.73. The van der Waals surface area contributed by atoms with Gasteiger partial charge in [-0.3, -0.25) is 0 Å². The van der Waals surface area contributed by atoms with Crippen molar-refractivity contribution in [3.63, 3.8) is 0 Å². The van der Waals surface area contributed by atoms with Crippen molar-refractivity contribution in [1.82, 2.24) is 0 Å². The number of hydrogen-bond donors (Lipinski definition) is 2. The van der Waals surface area contributed by atoms with Gasteiger partial charge in [-0.1, -0.05) is 25.7 Å². The summed E-state index contributed by atoms with van der Waals surface area (Å²) in [5.74, 6) is 1.70. The molecule has 3 heteroatoms. The predicted octanol–water partition coefficient (Wildman–Crippen LogP) is 1.35. The van der Waals surface area contributed by atoms with Crippen LogP contribution < -0.4 is 11.5 Å². The molecule has 4 N–H and O–H groups in total. The van der Waals surface area contributed by atoms with Crippen molar-refractivity contribution in [2.45, 2.75) is 44.9 Å². The zero-order chi connectivity index (χ0) is 9.94. The van der Waals surface area contributed by atoms with E-state index in [1.807, 2.05) is 0 Å². The fourth-order valence-corrected chi connectivity index (χ4v) is 1.22. The van der Waals surface area contributed by atoms with E-state index in [2.05, 4.69) is 0 Å². The SMILES string of the molecule is NCCCCCCCCC(N)=C=O. The van der Waals surface area contributed by atoms with E-state index in [4.69, 9.17) is 11.5 Å². The first-order chi connectivity index (χ1) is 6.31. The van der Waals surface area contributed by atoms with Gasteiger partial charge in [0.15, 0.2) is 0 Å². The number of unbranched alkanes of at least 4 members (excludes halogenated alkanes) is 5. The lowest BCUT2D eigenvalue weighted by atomic mass is 10.1. The van der Waals surface area contributed by atoms with Gasteiger partial charge in [0.25, 0.3) is 0 Å². The molecule has 0 aliphatic heterocycles. The molecular weight excluding hydrogens is 164 g/mol. The normalized spacial score (nSPS) is 9.62. The summed E-state index contributed by atoms with van der Waals surface area (Å²) >= 11 is 0. The number of rotatable bonds is 8. The quantitative estimate of drug-likeness (QED) is 0.442. The van der Waals surface area contributed by atoms with E-state index in [0.29, 0.717) is 12.1 Å². The van der Waals surface area contributed by atoms with Crippen LogP contribution >= 0.6 is 0 Å². The number of carbonyl (C=O) groups excluding carboxylic acids is 1. The molecular formula is C10H20N2O. The van der Waals surface area contributed by atoms with Crippen LogP contribution in [0.2, 0.25) is 0 Å². The summed E-state index contributed by atoms with van der Waals surface area (Å²) in [6, 6.07) is 0. The third kappa shape index (κ3) is 9.12. The first kappa shape index (κ1) is 12.2. The Hall–Kier alpha value is -0.790. The molecule has 0 atom stereocenters. The Morgan fingerprint density at radius 2 is 1.54 bits per heavy atom. The number of hydrogen-bond acceptors (Lipinski definition) is 3. The van der Waals surface area contributed by atoms with Crippen LogP contribution in [0.3, 0.4) is 0 Å². The van der Waals surface area contributed by atoms with E-state index in [-0.39, 0.29) is 0 Å². The van der Waals surface area contributed by atoms with Crippen molar-refractivity contribution in [3.8, 4) is 0 Å². The largest absolute Gasteiger partial charge is 0.393 e. The molecule has 13 heavy (non-hydrogen) atoms. The van der Waals surface area contributed by atoms with Crippen molar-refractivity contribution in [1.29, 1.82) is 0 Å². The van der Waals surface area contributed by atoms with Gasteiger partial charge >= 0.3 is 0 Å². The molecule has 0 aliphatic carbocycles. The first-order valence-corrected chi connectivity index (χ1v) is 5.00. The highest BCUT2D eigenvalue weighted by molar-refractivity contribution is 5.50. The third-order valence-electron chi connectivity index (χ3n) is 2.03. The van der Waals surface area contributed by atoms with Crippen LogP contribution in [0.5, 0.6) is 0 Å². The van der Waals surface area contributed by atoms with Crippen molar-refractivity contribution in [2.24, 2.45) is 11.5 Å². The van der Waals surface area contributed by atoms with Gasteiger partial charge in [-0.25, -0.2) is 4.79 Å². The molecule has 0 fully saturated rings. The third-order valence-corrected chi connectivity index (χ3v) is 2.03. The van der Waals surface area contributed by atoms with E-state index in [0.717, 1.165) is 25.8 Å². The molecule has 0 unspecified atom stereocenters. The Labute approximate surface area is 80.2 Å².